The van der Waals surface area contributed by atoms with Crippen molar-refractivity contribution in [1.29, 1.82) is 0 Å². The largest absolute Gasteiger partial charge is 0.349 e. The van der Waals surface area contributed by atoms with Gasteiger partial charge in [0.15, 0.2) is 0 Å². The number of nitro benzene ring substituents is 1. The zero-order chi connectivity index (χ0) is 15.4. The molecular formula is C15H19ClN2O3. The lowest BCUT2D eigenvalue weighted by Crippen LogP contribution is -2.37. The van der Waals surface area contributed by atoms with Crippen LogP contribution in [0.1, 0.15) is 49.4 Å². The third-order valence-corrected chi connectivity index (χ3v) is 4.47. The SMILES string of the molecule is CCC1CCC(NC(=O)c2ccc([N+](=O)[O-])c(Cl)c2)CC1. The Morgan fingerprint density at radius 3 is 2.57 bits per heavy atom. The fourth-order valence-corrected chi connectivity index (χ4v) is 3.03. The minimum Gasteiger partial charge on any atom is -0.349 e. The molecule has 0 unspecified atom stereocenters. The molecule has 1 fully saturated rings. The Bertz CT molecular complexity index is 540. The Hall–Kier alpha value is -1.62. The number of halogens is 1. The van der Waals surface area contributed by atoms with Crippen LogP contribution in [-0.2, 0) is 0 Å². The van der Waals surface area contributed by atoms with Crippen molar-refractivity contribution < 1.29 is 9.72 Å². The van der Waals surface area contributed by atoms with E-state index in [1.807, 2.05) is 0 Å². The molecule has 1 aliphatic carbocycles. The lowest BCUT2D eigenvalue weighted by Gasteiger charge is -2.28. The number of nitrogens with one attached hydrogen (secondary N) is 1. The van der Waals surface area contributed by atoms with Crippen molar-refractivity contribution in [2.24, 2.45) is 5.92 Å². The maximum Gasteiger partial charge on any atom is 0.287 e. The molecule has 0 atom stereocenters. The molecule has 1 aromatic carbocycles. The van der Waals surface area contributed by atoms with E-state index >= 15 is 0 Å². The second-order valence-electron chi connectivity index (χ2n) is 5.52. The molecule has 0 spiro atoms. The van der Waals surface area contributed by atoms with Gasteiger partial charge in [0.2, 0.25) is 0 Å². The van der Waals surface area contributed by atoms with E-state index < -0.39 is 4.92 Å². The van der Waals surface area contributed by atoms with Crippen LogP contribution in [0.3, 0.4) is 0 Å². The lowest BCUT2D eigenvalue weighted by molar-refractivity contribution is -0.384. The van der Waals surface area contributed by atoms with Crippen molar-refractivity contribution in [2.45, 2.75) is 45.1 Å². The average molecular weight is 311 g/mol. The monoisotopic (exact) mass is 310 g/mol. The predicted octanol–water partition coefficient (Wildman–Crippen LogP) is 3.95. The van der Waals surface area contributed by atoms with Crippen molar-refractivity contribution in [3.05, 3.63) is 38.9 Å². The topological polar surface area (TPSA) is 72.2 Å². The highest BCUT2D eigenvalue weighted by Gasteiger charge is 2.22. The highest BCUT2D eigenvalue weighted by atomic mass is 35.5. The molecule has 0 heterocycles. The number of amides is 1. The summed E-state index contributed by atoms with van der Waals surface area (Å²) in [6.07, 6.45) is 5.46. The molecule has 1 amide bonds. The van der Waals surface area contributed by atoms with Gasteiger partial charge in [-0.05, 0) is 43.7 Å². The van der Waals surface area contributed by atoms with Crippen molar-refractivity contribution in [2.75, 3.05) is 0 Å². The molecule has 1 N–H and O–H groups in total. The Labute approximate surface area is 128 Å². The third-order valence-electron chi connectivity index (χ3n) is 4.17. The van der Waals surface area contributed by atoms with Crippen LogP contribution in [0.15, 0.2) is 18.2 Å². The van der Waals surface area contributed by atoms with E-state index in [9.17, 15) is 14.9 Å². The van der Waals surface area contributed by atoms with Gasteiger partial charge in [0.25, 0.3) is 11.6 Å². The van der Waals surface area contributed by atoms with Gasteiger partial charge in [-0.2, -0.15) is 0 Å². The minimum absolute atomic E-state index is 0.0117. The fraction of sp³-hybridized carbons (Fsp3) is 0.533. The zero-order valence-corrected chi connectivity index (χ0v) is 12.7. The molecule has 0 aromatic heterocycles. The molecule has 21 heavy (non-hydrogen) atoms. The Morgan fingerprint density at radius 2 is 2.05 bits per heavy atom. The zero-order valence-electron chi connectivity index (χ0n) is 12.0. The summed E-state index contributed by atoms with van der Waals surface area (Å²) in [6, 6.07) is 4.25. The number of hydrogen-bond donors (Lipinski definition) is 1. The summed E-state index contributed by atoms with van der Waals surface area (Å²) in [6.45, 7) is 2.20. The smallest absolute Gasteiger partial charge is 0.287 e. The van der Waals surface area contributed by atoms with Gasteiger partial charge in [-0.25, -0.2) is 0 Å². The van der Waals surface area contributed by atoms with Gasteiger partial charge < -0.3 is 5.32 Å². The van der Waals surface area contributed by atoms with Crippen LogP contribution in [0, 0.1) is 16.0 Å². The van der Waals surface area contributed by atoms with Crippen molar-refractivity contribution in [3.8, 4) is 0 Å². The van der Waals surface area contributed by atoms with Crippen molar-refractivity contribution in [3.63, 3.8) is 0 Å². The summed E-state index contributed by atoms with van der Waals surface area (Å²) in [4.78, 5) is 22.3. The summed E-state index contributed by atoms with van der Waals surface area (Å²) in [5.74, 6) is 0.554. The van der Waals surface area contributed by atoms with E-state index in [1.165, 1.54) is 24.6 Å². The van der Waals surface area contributed by atoms with E-state index in [4.69, 9.17) is 11.6 Å². The van der Waals surface area contributed by atoms with Gasteiger partial charge in [0.1, 0.15) is 5.02 Å². The number of nitrogens with zero attached hydrogens (tertiary/aromatic N) is 1. The first-order valence-corrected chi connectivity index (χ1v) is 7.63. The maximum atomic E-state index is 12.2. The first kappa shape index (κ1) is 15.8. The van der Waals surface area contributed by atoms with Gasteiger partial charge in [-0.15, -0.1) is 0 Å². The first-order valence-electron chi connectivity index (χ1n) is 7.26. The summed E-state index contributed by atoms with van der Waals surface area (Å²) >= 11 is 5.83. The lowest BCUT2D eigenvalue weighted by atomic mass is 9.84. The van der Waals surface area contributed by atoms with Crippen molar-refractivity contribution in [1.82, 2.24) is 5.32 Å². The molecule has 6 heteroatoms. The third kappa shape index (κ3) is 3.94. The van der Waals surface area contributed by atoms with Crippen LogP contribution >= 0.6 is 11.6 Å². The maximum absolute atomic E-state index is 12.2. The quantitative estimate of drug-likeness (QED) is 0.676. The van der Waals surface area contributed by atoms with Crippen LogP contribution in [-0.4, -0.2) is 16.9 Å². The molecular weight excluding hydrogens is 292 g/mol. The summed E-state index contributed by atoms with van der Waals surface area (Å²) in [5, 5.41) is 13.7. The number of benzene rings is 1. The molecule has 0 aliphatic heterocycles. The van der Waals surface area contributed by atoms with Gasteiger partial charge in [-0.3, -0.25) is 14.9 Å². The van der Waals surface area contributed by atoms with Crippen LogP contribution < -0.4 is 5.32 Å². The van der Waals surface area contributed by atoms with Crippen LogP contribution in [0.25, 0.3) is 0 Å². The van der Waals surface area contributed by atoms with Gasteiger partial charge in [-0.1, -0.05) is 24.9 Å². The molecule has 2 rings (SSSR count). The second kappa shape index (κ2) is 6.89. The average Bonchev–Trinajstić information content (AvgIpc) is 2.47. The van der Waals surface area contributed by atoms with Gasteiger partial charge in [0, 0.05) is 17.7 Å². The van der Waals surface area contributed by atoms with E-state index in [2.05, 4.69) is 12.2 Å². The molecule has 1 aliphatic rings. The first-order chi connectivity index (χ1) is 10.0. The molecule has 0 saturated heterocycles. The minimum atomic E-state index is -0.559. The molecule has 0 bridgehead atoms. The van der Waals surface area contributed by atoms with E-state index in [1.54, 1.807) is 0 Å². The molecule has 0 radical (unpaired) electrons. The standard InChI is InChI=1S/C15H19ClN2O3/c1-2-10-3-6-12(7-4-10)17-15(19)11-5-8-14(18(20)21)13(16)9-11/h5,8-10,12H,2-4,6-7H2,1H3,(H,17,19). The normalized spacial score (nSPS) is 21.8. The van der Waals surface area contributed by atoms with E-state index in [-0.39, 0.29) is 22.7 Å². The summed E-state index contributed by atoms with van der Waals surface area (Å²) in [7, 11) is 0. The molecule has 114 valence electrons. The number of nitro groups is 1. The molecule has 5 nitrogen and oxygen atoms in total. The van der Waals surface area contributed by atoms with Crippen LogP contribution in [0.2, 0.25) is 5.02 Å². The Morgan fingerprint density at radius 1 is 1.38 bits per heavy atom. The Kier molecular flexibility index (Phi) is 5.17. The summed E-state index contributed by atoms with van der Waals surface area (Å²) in [5.41, 5.74) is 0.180. The van der Waals surface area contributed by atoms with E-state index in [0.29, 0.717) is 5.56 Å². The predicted molar refractivity (Wildman–Crippen MR) is 81.6 cm³/mol. The van der Waals surface area contributed by atoms with Crippen LogP contribution in [0.4, 0.5) is 5.69 Å². The fourth-order valence-electron chi connectivity index (χ4n) is 2.78. The van der Waals surface area contributed by atoms with Crippen molar-refractivity contribution >= 4 is 23.2 Å². The highest BCUT2D eigenvalue weighted by Crippen LogP contribution is 2.27. The molecule has 1 saturated carbocycles. The van der Waals surface area contributed by atoms with E-state index in [0.717, 1.165) is 31.6 Å². The summed E-state index contributed by atoms with van der Waals surface area (Å²) < 4.78 is 0. The number of rotatable bonds is 4. The Balaban J connectivity index is 1.98. The molecule has 1 aromatic rings. The van der Waals surface area contributed by atoms with Crippen LogP contribution in [0.5, 0.6) is 0 Å². The van der Waals surface area contributed by atoms with Gasteiger partial charge >= 0.3 is 0 Å². The highest BCUT2D eigenvalue weighted by molar-refractivity contribution is 6.33. The number of hydrogen-bond acceptors (Lipinski definition) is 3. The second-order valence-corrected chi connectivity index (χ2v) is 5.93. The number of carbonyl (C=O) groups excluding carboxylic acids is 1. The van der Waals surface area contributed by atoms with Gasteiger partial charge in [0.05, 0.1) is 4.92 Å². The number of carbonyl (C=O) groups is 1.